The number of carbonyl (C=O) groups is 2. The van der Waals surface area contributed by atoms with E-state index in [0.29, 0.717) is 11.6 Å². The Morgan fingerprint density at radius 1 is 1.08 bits per heavy atom. The third kappa shape index (κ3) is 7.18. The Balaban J connectivity index is 1.56. The molecule has 0 atom stereocenters. The van der Waals surface area contributed by atoms with Crippen LogP contribution in [0.4, 0.5) is 5.82 Å². The lowest BCUT2D eigenvalue weighted by atomic mass is 10.1. The molecule has 0 saturated heterocycles. The second-order valence-corrected chi connectivity index (χ2v) is 6.74. The Bertz CT molecular complexity index is 740. The molecule has 1 aromatic heterocycles. The lowest BCUT2D eigenvalue weighted by Crippen LogP contribution is -2.17. The molecule has 0 unspecified atom stereocenters. The molecule has 1 N–H and O–H groups in total. The second-order valence-electron chi connectivity index (χ2n) is 5.76. The summed E-state index contributed by atoms with van der Waals surface area (Å²) >= 11 is 1.17. The molecule has 1 aromatic carbocycles. The highest BCUT2D eigenvalue weighted by atomic mass is 32.2. The zero-order valence-corrected chi connectivity index (χ0v) is 15.9. The molecule has 2 aromatic rings. The van der Waals surface area contributed by atoms with Gasteiger partial charge in [-0.1, -0.05) is 11.2 Å². The molecule has 0 spiro atoms. The first-order chi connectivity index (χ1) is 12.4. The van der Waals surface area contributed by atoms with Crippen molar-refractivity contribution in [1.29, 1.82) is 0 Å². The van der Waals surface area contributed by atoms with Gasteiger partial charge in [-0.15, -0.1) is 11.8 Å². The molecular formula is C18H22N2O5S. The summed E-state index contributed by atoms with van der Waals surface area (Å²) in [6.07, 6.45) is 0. The number of nitrogens with zero attached hydrogens (tertiary/aromatic N) is 1. The molecule has 0 saturated carbocycles. The first kappa shape index (κ1) is 19.8. The van der Waals surface area contributed by atoms with Crippen molar-refractivity contribution in [3.05, 3.63) is 41.2 Å². The normalized spacial score (nSPS) is 10.4. The number of amides is 1. The van der Waals surface area contributed by atoms with E-state index in [2.05, 4.69) is 16.5 Å². The van der Waals surface area contributed by atoms with Crippen LogP contribution in [0.15, 0.2) is 28.8 Å². The average molecular weight is 378 g/mol. The zero-order valence-electron chi connectivity index (χ0n) is 15.0. The fourth-order valence-corrected chi connectivity index (χ4v) is 2.81. The van der Waals surface area contributed by atoms with Gasteiger partial charge in [0.2, 0.25) is 5.91 Å². The molecule has 0 fully saturated rings. The number of aromatic nitrogens is 1. The number of thioether (sulfide) groups is 1. The van der Waals surface area contributed by atoms with Crippen LogP contribution >= 0.6 is 11.8 Å². The van der Waals surface area contributed by atoms with E-state index in [0.717, 1.165) is 16.9 Å². The van der Waals surface area contributed by atoms with Gasteiger partial charge < -0.3 is 19.3 Å². The molecule has 0 radical (unpaired) electrons. The third-order valence-corrected chi connectivity index (χ3v) is 4.06. The van der Waals surface area contributed by atoms with Gasteiger partial charge in [-0.2, -0.15) is 0 Å². The topological polar surface area (TPSA) is 90.7 Å². The Labute approximate surface area is 156 Å². The van der Waals surface area contributed by atoms with Crippen molar-refractivity contribution in [1.82, 2.24) is 5.16 Å². The number of ether oxygens (including phenoxy) is 2. The first-order valence-electron chi connectivity index (χ1n) is 8.10. The fourth-order valence-electron chi connectivity index (χ4n) is 2.20. The Kier molecular flexibility index (Phi) is 7.53. The van der Waals surface area contributed by atoms with Gasteiger partial charge in [0.15, 0.2) is 5.82 Å². The minimum absolute atomic E-state index is 0.0921. The Hall–Kier alpha value is -2.48. The summed E-state index contributed by atoms with van der Waals surface area (Å²) in [5, 5.41) is 6.24. The highest BCUT2D eigenvalue weighted by Gasteiger charge is 2.09. The second kappa shape index (κ2) is 9.86. The standard InChI is InChI=1S/C18H22N2O5S/c1-12-6-13(2)8-15(7-12)23-4-5-24-18(22)11-26-10-17(21)19-16-9-14(3)25-20-16/h6-9H,4-5,10-11H2,1-3H3,(H,19,20,21). The largest absolute Gasteiger partial charge is 0.490 e. The Morgan fingerprint density at radius 3 is 2.46 bits per heavy atom. The highest BCUT2D eigenvalue weighted by molar-refractivity contribution is 8.00. The van der Waals surface area contributed by atoms with E-state index in [1.165, 1.54) is 11.8 Å². The summed E-state index contributed by atoms with van der Waals surface area (Å²) in [5.74, 6) is 1.30. The minimum atomic E-state index is -0.385. The lowest BCUT2D eigenvalue weighted by Gasteiger charge is -2.09. The molecule has 26 heavy (non-hydrogen) atoms. The van der Waals surface area contributed by atoms with Crippen molar-refractivity contribution in [3.8, 4) is 5.75 Å². The van der Waals surface area contributed by atoms with E-state index in [1.807, 2.05) is 26.0 Å². The van der Waals surface area contributed by atoms with E-state index in [9.17, 15) is 9.59 Å². The van der Waals surface area contributed by atoms with E-state index in [-0.39, 0.29) is 36.6 Å². The van der Waals surface area contributed by atoms with Crippen molar-refractivity contribution in [2.24, 2.45) is 0 Å². The number of carbonyl (C=O) groups excluding carboxylic acids is 2. The predicted molar refractivity (Wildman–Crippen MR) is 99.6 cm³/mol. The smallest absolute Gasteiger partial charge is 0.316 e. The van der Waals surface area contributed by atoms with E-state index in [4.69, 9.17) is 14.0 Å². The summed E-state index contributed by atoms with van der Waals surface area (Å²) in [7, 11) is 0. The molecule has 140 valence electrons. The summed E-state index contributed by atoms with van der Waals surface area (Å²) < 4.78 is 15.5. The maximum absolute atomic E-state index is 11.7. The molecule has 0 aliphatic heterocycles. The quantitative estimate of drug-likeness (QED) is 0.530. The van der Waals surface area contributed by atoms with Crippen LogP contribution in [0.3, 0.4) is 0 Å². The molecule has 2 rings (SSSR count). The molecule has 0 aliphatic carbocycles. The van der Waals surface area contributed by atoms with E-state index < -0.39 is 0 Å². The van der Waals surface area contributed by atoms with Gasteiger partial charge in [0.1, 0.15) is 24.7 Å². The van der Waals surface area contributed by atoms with Gasteiger partial charge in [-0.25, -0.2) is 0 Å². The molecule has 1 amide bonds. The molecule has 7 nitrogen and oxygen atoms in total. The fraction of sp³-hybridized carbons (Fsp3) is 0.389. The summed E-state index contributed by atoms with van der Waals surface area (Å²) in [6, 6.07) is 7.54. The SMILES string of the molecule is Cc1cc(C)cc(OCCOC(=O)CSCC(=O)Nc2cc(C)on2)c1. The van der Waals surface area contributed by atoms with Crippen LogP contribution in [0.2, 0.25) is 0 Å². The number of rotatable bonds is 9. The van der Waals surface area contributed by atoms with Gasteiger partial charge in [-0.3, -0.25) is 9.59 Å². The van der Waals surface area contributed by atoms with Crippen LogP contribution in [-0.4, -0.2) is 41.8 Å². The molecular weight excluding hydrogens is 356 g/mol. The van der Waals surface area contributed by atoms with Crippen LogP contribution in [0.5, 0.6) is 5.75 Å². The molecule has 1 heterocycles. The van der Waals surface area contributed by atoms with Crippen LogP contribution in [0.25, 0.3) is 0 Å². The number of esters is 1. The maximum Gasteiger partial charge on any atom is 0.316 e. The third-order valence-electron chi connectivity index (χ3n) is 3.16. The van der Waals surface area contributed by atoms with E-state index in [1.54, 1.807) is 13.0 Å². The lowest BCUT2D eigenvalue weighted by molar-refractivity contribution is -0.141. The summed E-state index contributed by atoms with van der Waals surface area (Å²) in [6.45, 7) is 6.17. The highest BCUT2D eigenvalue weighted by Crippen LogP contribution is 2.16. The van der Waals surface area contributed by atoms with Crippen LogP contribution in [0, 0.1) is 20.8 Å². The number of hydrogen-bond donors (Lipinski definition) is 1. The van der Waals surface area contributed by atoms with Crippen molar-refractivity contribution >= 4 is 29.5 Å². The van der Waals surface area contributed by atoms with Crippen LogP contribution < -0.4 is 10.1 Å². The zero-order chi connectivity index (χ0) is 18.9. The number of aryl methyl sites for hydroxylation is 3. The number of nitrogens with one attached hydrogen (secondary N) is 1. The summed E-state index contributed by atoms with van der Waals surface area (Å²) in [5.41, 5.74) is 2.24. The van der Waals surface area contributed by atoms with Crippen molar-refractivity contribution in [3.63, 3.8) is 0 Å². The van der Waals surface area contributed by atoms with Gasteiger partial charge in [0.25, 0.3) is 0 Å². The molecule has 8 heteroatoms. The monoisotopic (exact) mass is 378 g/mol. The van der Waals surface area contributed by atoms with Gasteiger partial charge in [0, 0.05) is 6.07 Å². The number of benzene rings is 1. The van der Waals surface area contributed by atoms with Crippen LogP contribution in [-0.2, 0) is 14.3 Å². The molecule has 0 aliphatic rings. The number of hydrogen-bond acceptors (Lipinski definition) is 7. The predicted octanol–water partition coefficient (Wildman–Crippen LogP) is 2.89. The molecule has 0 bridgehead atoms. The minimum Gasteiger partial charge on any atom is -0.490 e. The van der Waals surface area contributed by atoms with Crippen molar-refractivity contribution < 1.29 is 23.6 Å². The van der Waals surface area contributed by atoms with Crippen LogP contribution in [0.1, 0.15) is 16.9 Å². The summed E-state index contributed by atoms with van der Waals surface area (Å²) in [4.78, 5) is 23.3. The van der Waals surface area contributed by atoms with Gasteiger partial charge in [-0.05, 0) is 44.0 Å². The van der Waals surface area contributed by atoms with Gasteiger partial charge in [0.05, 0.1) is 11.5 Å². The van der Waals surface area contributed by atoms with Crippen molar-refractivity contribution in [2.75, 3.05) is 30.0 Å². The van der Waals surface area contributed by atoms with Gasteiger partial charge >= 0.3 is 5.97 Å². The van der Waals surface area contributed by atoms with Crippen molar-refractivity contribution in [2.45, 2.75) is 20.8 Å². The maximum atomic E-state index is 11.7. The van der Waals surface area contributed by atoms with E-state index >= 15 is 0 Å². The first-order valence-corrected chi connectivity index (χ1v) is 9.25. The average Bonchev–Trinajstić information content (AvgIpc) is 2.95. The Morgan fingerprint density at radius 2 is 1.81 bits per heavy atom. The number of anilines is 1.